The molecule has 2 N–H and O–H groups in total. The standard InChI is InChI=1S/C9H7Cl2N3O2S/c10-6-1-2-7(11)8(5-6)17(15,16)14-9-3-4-12-13-9/h1-5H,(H2,12,13,14). The predicted octanol–water partition coefficient (Wildman–Crippen LogP) is 2.52. The Morgan fingerprint density at radius 1 is 1.24 bits per heavy atom. The number of aromatic amines is 1. The molecule has 0 radical (unpaired) electrons. The van der Waals surface area contributed by atoms with Gasteiger partial charge in [0.1, 0.15) is 10.7 Å². The first kappa shape index (κ1) is 12.2. The summed E-state index contributed by atoms with van der Waals surface area (Å²) < 4.78 is 26.2. The van der Waals surface area contributed by atoms with Crippen molar-refractivity contribution in [2.24, 2.45) is 0 Å². The molecule has 0 bridgehead atoms. The number of anilines is 1. The van der Waals surface area contributed by atoms with Crippen LogP contribution in [0.15, 0.2) is 35.4 Å². The van der Waals surface area contributed by atoms with Crippen LogP contribution in [0.4, 0.5) is 5.82 Å². The monoisotopic (exact) mass is 291 g/mol. The summed E-state index contributed by atoms with van der Waals surface area (Å²) in [5.41, 5.74) is 0. The molecule has 1 aromatic heterocycles. The van der Waals surface area contributed by atoms with Crippen LogP contribution in [-0.2, 0) is 10.0 Å². The molecular formula is C9H7Cl2N3O2S. The van der Waals surface area contributed by atoms with Gasteiger partial charge in [-0.1, -0.05) is 23.2 Å². The van der Waals surface area contributed by atoms with Gasteiger partial charge in [-0.05, 0) is 18.2 Å². The van der Waals surface area contributed by atoms with E-state index in [1.165, 1.54) is 30.5 Å². The molecule has 1 heterocycles. The van der Waals surface area contributed by atoms with Gasteiger partial charge in [0, 0.05) is 11.1 Å². The first-order valence-corrected chi connectivity index (χ1v) is 6.70. The molecule has 0 aliphatic carbocycles. The van der Waals surface area contributed by atoms with Crippen LogP contribution in [0, 0.1) is 0 Å². The Bertz CT molecular complexity index is 626. The number of halogens is 2. The summed E-state index contributed by atoms with van der Waals surface area (Å²) in [6.45, 7) is 0. The lowest BCUT2D eigenvalue weighted by atomic mass is 10.4. The van der Waals surface area contributed by atoms with Crippen molar-refractivity contribution in [3.8, 4) is 0 Å². The molecule has 5 nitrogen and oxygen atoms in total. The normalized spacial score (nSPS) is 11.4. The van der Waals surface area contributed by atoms with Crippen molar-refractivity contribution >= 4 is 39.0 Å². The van der Waals surface area contributed by atoms with Crippen molar-refractivity contribution < 1.29 is 8.42 Å². The maximum Gasteiger partial charge on any atom is 0.264 e. The molecule has 8 heteroatoms. The summed E-state index contributed by atoms with van der Waals surface area (Å²) in [4.78, 5) is -0.0822. The SMILES string of the molecule is O=S(=O)(Nc1ccn[nH]1)c1cc(Cl)ccc1Cl. The molecule has 1 aromatic carbocycles. The number of hydrogen-bond acceptors (Lipinski definition) is 3. The van der Waals surface area contributed by atoms with Crippen LogP contribution in [0.25, 0.3) is 0 Å². The van der Waals surface area contributed by atoms with E-state index in [-0.39, 0.29) is 15.7 Å². The zero-order valence-corrected chi connectivity index (χ0v) is 10.6. The molecule has 0 spiro atoms. The molecule has 0 unspecified atom stereocenters. The molecule has 17 heavy (non-hydrogen) atoms. The van der Waals surface area contributed by atoms with Crippen LogP contribution in [-0.4, -0.2) is 18.6 Å². The Labute approximate surface area is 108 Å². The first-order chi connectivity index (χ1) is 7.99. The second kappa shape index (κ2) is 4.56. The maximum absolute atomic E-state index is 12.0. The number of hydrogen-bond donors (Lipinski definition) is 2. The number of benzene rings is 1. The number of sulfonamides is 1. The Morgan fingerprint density at radius 2 is 2.00 bits per heavy atom. The van der Waals surface area contributed by atoms with E-state index in [1.807, 2.05) is 0 Å². The van der Waals surface area contributed by atoms with E-state index in [0.717, 1.165) is 0 Å². The number of H-pyrrole nitrogens is 1. The maximum atomic E-state index is 12.0. The quantitative estimate of drug-likeness (QED) is 0.912. The smallest absolute Gasteiger partial charge is 0.264 e. The Balaban J connectivity index is 2.41. The molecule has 0 amide bonds. The van der Waals surface area contributed by atoms with Gasteiger partial charge in [-0.3, -0.25) is 9.82 Å². The van der Waals surface area contributed by atoms with Gasteiger partial charge in [-0.15, -0.1) is 0 Å². The van der Waals surface area contributed by atoms with Gasteiger partial charge in [-0.25, -0.2) is 8.42 Å². The topological polar surface area (TPSA) is 74.8 Å². The van der Waals surface area contributed by atoms with Gasteiger partial charge in [0.2, 0.25) is 0 Å². The van der Waals surface area contributed by atoms with E-state index in [1.54, 1.807) is 0 Å². The second-order valence-corrected chi connectivity index (χ2v) is 5.65. The van der Waals surface area contributed by atoms with Crippen molar-refractivity contribution in [3.05, 3.63) is 40.5 Å². The summed E-state index contributed by atoms with van der Waals surface area (Å²) in [5.74, 6) is 0.251. The molecule has 90 valence electrons. The zero-order valence-electron chi connectivity index (χ0n) is 8.31. The third-order valence-electron chi connectivity index (χ3n) is 1.93. The van der Waals surface area contributed by atoms with Gasteiger partial charge in [0.05, 0.1) is 11.2 Å². The Morgan fingerprint density at radius 3 is 2.65 bits per heavy atom. The number of rotatable bonds is 3. The van der Waals surface area contributed by atoms with E-state index in [4.69, 9.17) is 23.2 Å². The van der Waals surface area contributed by atoms with Gasteiger partial charge in [0.25, 0.3) is 10.0 Å². The summed E-state index contributed by atoms with van der Waals surface area (Å²) >= 11 is 11.6. The third kappa shape index (κ3) is 2.71. The number of nitrogens with one attached hydrogen (secondary N) is 2. The predicted molar refractivity (Wildman–Crippen MR) is 65.9 cm³/mol. The minimum atomic E-state index is -3.77. The average Bonchev–Trinajstić information content (AvgIpc) is 2.73. The van der Waals surface area contributed by atoms with Crippen LogP contribution in [0.3, 0.4) is 0 Å². The first-order valence-electron chi connectivity index (χ1n) is 4.46. The van der Waals surface area contributed by atoms with E-state index in [0.29, 0.717) is 5.02 Å². The lowest BCUT2D eigenvalue weighted by molar-refractivity contribution is 0.601. The lowest BCUT2D eigenvalue weighted by Gasteiger charge is -2.07. The Hall–Kier alpha value is -1.24. The summed E-state index contributed by atoms with van der Waals surface area (Å²) in [7, 11) is -3.77. The minimum absolute atomic E-state index is 0.0822. The highest BCUT2D eigenvalue weighted by molar-refractivity contribution is 7.92. The van der Waals surface area contributed by atoms with Crippen molar-refractivity contribution in [1.29, 1.82) is 0 Å². The Kier molecular flexibility index (Phi) is 3.28. The highest BCUT2D eigenvalue weighted by atomic mass is 35.5. The summed E-state index contributed by atoms with van der Waals surface area (Å²) in [5, 5.41) is 6.50. The van der Waals surface area contributed by atoms with E-state index in [2.05, 4.69) is 14.9 Å². The molecular weight excluding hydrogens is 285 g/mol. The van der Waals surface area contributed by atoms with E-state index < -0.39 is 10.0 Å². The van der Waals surface area contributed by atoms with Crippen molar-refractivity contribution in [3.63, 3.8) is 0 Å². The molecule has 0 aliphatic rings. The molecule has 0 fully saturated rings. The van der Waals surface area contributed by atoms with E-state index in [9.17, 15) is 8.42 Å². The highest BCUT2D eigenvalue weighted by Gasteiger charge is 2.18. The fourth-order valence-corrected chi connectivity index (χ4v) is 2.97. The van der Waals surface area contributed by atoms with Gasteiger partial charge < -0.3 is 0 Å². The molecule has 2 aromatic rings. The molecule has 0 aliphatic heterocycles. The van der Waals surface area contributed by atoms with Crippen LogP contribution in [0.1, 0.15) is 0 Å². The summed E-state index contributed by atoms with van der Waals surface area (Å²) in [6, 6.07) is 5.70. The number of nitrogens with zero attached hydrogens (tertiary/aromatic N) is 1. The lowest BCUT2D eigenvalue weighted by Crippen LogP contribution is -2.13. The number of aromatic nitrogens is 2. The molecule has 0 saturated heterocycles. The van der Waals surface area contributed by atoms with Gasteiger partial charge >= 0.3 is 0 Å². The second-order valence-electron chi connectivity index (χ2n) is 3.15. The van der Waals surface area contributed by atoms with Crippen molar-refractivity contribution in [2.45, 2.75) is 4.90 Å². The molecule has 0 atom stereocenters. The van der Waals surface area contributed by atoms with Crippen LogP contribution < -0.4 is 4.72 Å². The van der Waals surface area contributed by atoms with Crippen molar-refractivity contribution in [2.75, 3.05) is 4.72 Å². The zero-order chi connectivity index (χ0) is 12.5. The van der Waals surface area contributed by atoms with E-state index >= 15 is 0 Å². The van der Waals surface area contributed by atoms with Crippen molar-refractivity contribution in [1.82, 2.24) is 10.2 Å². The van der Waals surface area contributed by atoms with Gasteiger partial charge in [0.15, 0.2) is 0 Å². The highest BCUT2D eigenvalue weighted by Crippen LogP contribution is 2.26. The third-order valence-corrected chi connectivity index (χ3v) is 4.01. The van der Waals surface area contributed by atoms with Crippen LogP contribution >= 0.6 is 23.2 Å². The minimum Gasteiger partial charge on any atom is -0.264 e. The van der Waals surface area contributed by atoms with Gasteiger partial charge in [-0.2, -0.15) is 5.10 Å². The molecule has 2 rings (SSSR count). The average molecular weight is 292 g/mol. The summed E-state index contributed by atoms with van der Waals surface area (Å²) in [6.07, 6.45) is 1.43. The fraction of sp³-hybridized carbons (Fsp3) is 0. The largest absolute Gasteiger partial charge is 0.264 e. The van der Waals surface area contributed by atoms with Crippen LogP contribution in [0.2, 0.25) is 10.0 Å². The van der Waals surface area contributed by atoms with Crippen LogP contribution in [0.5, 0.6) is 0 Å². The fourth-order valence-electron chi connectivity index (χ4n) is 1.20. The molecule has 0 saturated carbocycles.